The van der Waals surface area contributed by atoms with E-state index in [1.165, 1.54) is 25.3 Å². The number of fused-ring (bicyclic) bond motifs is 2. The molecule has 6 nitrogen and oxygen atoms in total. The van der Waals surface area contributed by atoms with Crippen molar-refractivity contribution in [3.05, 3.63) is 69.3 Å². The number of halogens is 1. The van der Waals surface area contributed by atoms with Crippen LogP contribution in [0.25, 0.3) is 22.0 Å². The summed E-state index contributed by atoms with van der Waals surface area (Å²) in [4.78, 5) is 31.1. The van der Waals surface area contributed by atoms with E-state index in [-0.39, 0.29) is 16.4 Å². The third-order valence-electron chi connectivity index (χ3n) is 4.36. The van der Waals surface area contributed by atoms with Gasteiger partial charge in [-0.05, 0) is 47.5 Å². The van der Waals surface area contributed by atoms with Gasteiger partial charge in [-0.15, -0.1) is 0 Å². The Morgan fingerprint density at radius 2 is 2.15 bits per heavy atom. The number of aromatic nitrogens is 2. The highest BCUT2D eigenvalue weighted by Gasteiger charge is 2.13. The molecule has 0 saturated carbocycles. The molecule has 4 rings (SSSR count). The lowest BCUT2D eigenvalue weighted by atomic mass is 10.1. The van der Waals surface area contributed by atoms with Crippen molar-refractivity contribution >= 4 is 39.6 Å². The van der Waals surface area contributed by atoms with Crippen LogP contribution in [0, 0.1) is 0 Å². The molecule has 1 aliphatic heterocycles. The minimum atomic E-state index is -0.498. The van der Waals surface area contributed by atoms with Crippen molar-refractivity contribution < 1.29 is 14.3 Å². The van der Waals surface area contributed by atoms with E-state index in [1.54, 1.807) is 6.08 Å². The fourth-order valence-electron chi connectivity index (χ4n) is 3.01. The van der Waals surface area contributed by atoms with Crippen molar-refractivity contribution in [1.82, 2.24) is 9.97 Å². The molecule has 0 unspecified atom stereocenters. The van der Waals surface area contributed by atoms with Crippen LogP contribution in [0.4, 0.5) is 0 Å². The van der Waals surface area contributed by atoms with Crippen molar-refractivity contribution in [2.24, 2.45) is 0 Å². The number of carbonyl (C=O) groups is 1. The number of esters is 1. The minimum absolute atomic E-state index is 0.230. The largest absolute Gasteiger partial charge is 0.493 e. The number of ether oxygens (including phenoxy) is 2. The van der Waals surface area contributed by atoms with Crippen molar-refractivity contribution in [1.29, 1.82) is 0 Å². The molecule has 1 aromatic heterocycles. The molecule has 0 spiro atoms. The third-order valence-corrected chi connectivity index (χ3v) is 4.65. The van der Waals surface area contributed by atoms with E-state index in [2.05, 4.69) is 9.97 Å². The highest BCUT2D eigenvalue weighted by Crippen LogP contribution is 2.28. The maximum absolute atomic E-state index is 12.3. The van der Waals surface area contributed by atoms with Gasteiger partial charge in [0.2, 0.25) is 0 Å². The molecular formula is C20H15ClN2O4. The van der Waals surface area contributed by atoms with Crippen LogP contribution in [0.3, 0.4) is 0 Å². The zero-order chi connectivity index (χ0) is 19.0. The van der Waals surface area contributed by atoms with Gasteiger partial charge in [0, 0.05) is 6.42 Å². The molecule has 0 atom stereocenters. The van der Waals surface area contributed by atoms with Gasteiger partial charge < -0.3 is 14.5 Å². The normalized spacial score (nSPS) is 13.3. The first kappa shape index (κ1) is 17.3. The van der Waals surface area contributed by atoms with Crippen LogP contribution in [-0.2, 0) is 11.2 Å². The number of carbonyl (C=O) groups excluding carboxylic acids is 1. The van der Waals surface area contributed by atoms with Gasteiger partial charge in [-0.3, -0.25) is 4.79 Å². The number of aromatic amines is 1. The fraction of sp³-hybridized carbons (Fsp3) is 0.150. The van der Waals surface area contributed by atoms with Gasteiger partial charge in [0.25, 0.3) is 5.56 Å². The third kappa shape index (κ3) is 3.31. The summed E-state index contributed by atoms with van der Waals surface area (Å²) in [6.45, 7) is 0.679. The van der Waals surface area contributed by atoms with Gasteiger partial charge in [-0.2, -0.15) is 0 Å². The minimum Gasteiger partial charge on any atom is -0.493 e. The van der Waals surface area contributed by atoms with E-state index < -0.39 is 5.97 Å². The van der Waals surface area contributed by atoms with Crippen LogP contribution in [-0.4, -0.2) is 29.7 Å². The fourth-order valence-corrected chi connectivity index (χ4v) is 3.22. The molecule has 0 saturated heterocycles. The number of hydrogen-bond donors (Lipinski definition) is 1. The summed E-state index contributed by atoms with van der Waals surface area (Å²) >= 11 is 6.40. The molecule has 136 valence electrons. The lowest BCUT2D eigenvalue weighted by Gasteiger charge is -2.05. The Morgan fingerprint density at radius 1 is 1.30 bits per heavy atom. The Balaban J connectivity index is 1.76. The number of rotatable bonds is 3. The number of nitrogens with zero attached hydrogens (tertiary/aromatic N) is 1. The first-order valence-electron chi connectivity index (χ1n) is 8.31. The first-order chi connectivity index (χ1) is 13.0. The van der Waals surface area contributed by atoms with Crippen LogP contribution in [0.5, 0.6) is 5.75 Å². The van der Waals surface area contributed by atoms with Crippen LogP contribution in [0.1, 0.15) is 27.3 Å². The summed E-state index contributed by atoms with van der Waals surface area (Å²) in [6.07, 6.45) is 2.59. The van der Waals surface area contributed by atoms with Crippen LogP contribution >= 0.6 is 11.6 Å². The second-order valence-electron chi connectivity index (χ2n) is 6.10. The van der Waals surface area contributed by atoms with Crippen LogP contribution in [0.15, 0.2) is 41.2 Å². The van der Waals surface area contributed by atoms with Gasteiger partial charge in [-0.1, -0.05) is 17.7 Å². The summed E-state index contributed by atoms with van der Waals surface area (Å²) in [5.74, 6) is 0.617. The zero-order valence-electron chi connectivity index (χ0n) is 14.4. The van der Waals surface area contributed by atoms with Crippen molar-refractivity contribution in [3.63, 3.8) is 0 Å². The lowest BCUT2D eigenvalue weighted by Crippen LogP contribution is -2.11. The van der Waals surface area contributed by atoms with Crippen molar-refractivity contribution in [2.45, 2.75) is 6.42 Å². The highest BCUT2D eigenvalue weighted by atomic mass is 35.5. The maximum atomic E-state index is 12.3. The Morgan fingerprint density at radius 3 is 2.96 bits per heavy atom. The van der Waals surface area contributed by atoms with Gasteiger partial charge in [0.15, 0.2) is 5.82 Å². The van der Waals surface area contributed by atoms with E-state index >= 15 is 0 Å². The molecule has 0 bridgehead atoms. The second-order valence-corrected chi connectivity index (χ2v) is 6.50. The number of methoxy groups -OCH3 is 1. The monoisotopic (exact) mass is 382 g/mol. The summed E-state index contributed by atoms with van der Waals surface area (Å²) in [5, 5.41) is 0.655. The van der Waals surface area contributed by atoms with E-state index in [9.17, 15) is 9.59 Å². The van der Waals surface area contributed by atoms with E-state index in [4.69, 9.17) is 21.1 Å². The lowest BCUT2D eigenvalue weighted by molar-refractivity contribution is 0.0601. The van der Waals surface area contributed by atoms with Crippen molar-refractivity contribution in [2.75, 3.05) is 13.7 Å². The number of nitrogens with one attached hydrogen (secondary N) is 1. The molecule has 1 aliphatic rings. The van der Waals surface area contributed by atoms with E-state index in [1.807, 2.05) is 18.2 Å². The average Bonchev–Trinajstić information content (AvgIpc) is 3.14. The van der Waals surface area contributed by atoms with E-state index in [0.717, 1.165) is 23.3 Å². The summed E-state index contributed by atoms with van der Waals surface area (Å²) in [6, 6.07) is 10.4. The Bertz CT molecular complexity index is 1150. The molecule has 2 heterocycles. The van der Waals surface area contributed by atoms with Crippen LogP contribution < -0.4 is 10.3 Å². The van der Waals surface area contributed by atoms with E-state index in [0.29, 0.717) is 23.1 Å². The molecule has 1 N–H and O–H groups in total. The van der Waals surface area contributed by atoms with Crippen molar-refractivity contribution in [3.8, 4) is 5.75 Å². The molecule has 0 amide bonds. The Labute approximate surface area is 159 Å². The summed E-state index contributed by atoms with van der Waals surface area (Å²) in [7, 11) is 1.30. The zero-order valence-corrected chi connectivity index (χ0v) is 15.2. The predicted octanol–water partition coefficient (Wildman–Crippen LogP) is 3.38. The quantitative estimate of drug-likeness (QED) is 0.702. The molecular weight excluding hydrogens is 368 g/mol. The molecule has 0 aliphatic carbocycles. The average molecular weight is 383 g/mol. The smallest absolute Gasteiger partial charge is 0.337 e. The Kier molecular flexibility index (Phi) is 4.41. The highest BCUT2D eigenvalue weighted by molar-refractivity contribution is 6.50. The molecule has 0 radical (unpaired) electrons. The number of hydrogen-bond acceptors (Lipinski definition) is 5. The SMILES string of the molecule is COC(=O)c1ccc2c(=O)[nH]c(/C(Cl)=C\c3ccc4c(c3)CCO4)nc2c1. The number of H-pyrrole nitrogens is 1. The second kappa shape index (κ2) is 6.89. The van der Waals surface area contributed by atoms with Crippen LogP contribution in [0.2, 0.25) is 0 Å². The molecule has 3 aromatic rings. The van der Waals surface area contributed by atoms with Gasteiger partial charge >= 0.3 is 5.97 Å². The summed E-state index contributed by atoms with van der Waals surface area (Å²) in [5.41, 5.74) is 2.35. The molecule has 7 heteroatoms. The molecule has 2 aromatic carbocycles. The topological polar surface area (TPSA) is 81.3 Å². The first-order valence-corrected chi connectivity index (χ1v) is 8.68. The van der Waals surface area contributed by atoms with Gasteiger partial charge in [0.05, 0.1) is 35.2 Å². The van der Waals surface area contributed by atoms with Gasteiger partial charge in [-0.25, -0.2) is 9.78 Å². The Hall–Kier alpha value is -3.12. The maximum Gasteiger partial charge on any atom is 0.337 e. The number of benzene rings is 2. The molecule has 27 heavy (non-hydrogen) atoms. The molecule has 0 fully saturated rings. The summed E-state index contributed by atoms with van der Waals surface area (Å²) < 4.78 is 10.2. The standard InChI is InChI=1S/C20H15ClN2O4/c1-26-20(25)13-3-4-14-16(10-13)22-18(23-19(14)24)15(21)9-11-2-5-17-12(8-11)6-7-27-17/h2-5,8-10H,6-7H2,1H3,(H,22,23,24)/b15-9+. The van der Waals surface area contributed by atoms with Gasteiger partial charge in [0.1, 0.15) is 5.75 Å². The predicted molar refractivity (Wildman–Crippen MR) is 103 cm³/mol.